The second-order valence-corrected chi connectivity index (χ2v) is 5.57. The summed E-state index contributed by atoms with van der Waals surface area (Å²) >= 11 is 6.02. The van der Waals surface area contributed by atoms with Crippen molar-refractivity contribution in [3.8, 4) is 0 Å². The van der Waals surface area contributed by atoms with Gasteiger partial charge in [0.25, 0.3) is 0 Å². The molecule has 0 radical (unpaired) electrons. The third kappa shape index (κ3) is 4.50. The SMILES string of the molecule is CC(C)c1ccc(NC(=O)CNc2ccccc2Cl)cc1. The minimum atomic E-state index is -0.104. The number of halogens is 1. The topological polar surface area (TPSA) is 41.1 Å². The highest BCUT2D eigenvalue weighted by atomic mass is 35.5. The van der Waals surface area contributed by atoms with Crippen molar-refractivity contribution < 1.29 is 4.79 Å². The summed E-state index contributed by atoms with van der Waals surface area (Å²) in [7, 11) is 0. The fraction of sp³-hybridized carbons (Fsp3) is 0.235. The quantitative estimate of drug-likeness (QED) is 0.853. The first-order chi connectivity index (χ1) is 10.1. The summed E-state index contributed by atoms with van der Waals surface area (Å²) < 4.78 is 0. The predicted octanol–water partition coefficient (Wildman–Crippen LogP) is 4.51. The Morgan fingerprint density at radius 1 is 1.10 bits per heavy atom. The molecule has 21 heavy (non-hydrogen) atoms. The Morgan fingerprint density at radius 2 is 1.76 bits per heavy atom. The van der Waals surface area contributed by atoms with Crippen LogP contribution in [0.2, 0.25) is 5.02 Å². The molecule has 110 valence electrons. The van der Waals surface area contributed by atoms with Crippen LogP contribution in [-0.4, -0.2) is 12.5 Å². The van der Waals surface area contributed by atoms with Crippen molar-refractivity contribution in [1.82, 2.24) is 0 Å². The van der Waals surface area contributed by atoms with Gasteiger partial charge in [-0.3, -0.25) is 4.79 Å². The Morgan fingerprint density at radius 3 is 2.38 bits per heavy atom. The first-order valence-electron chi connectivity index (χ1n) is 6.94. The number of benzene rings is 2. The van der Waals surface area contributed by atoms with Crippen molar-refractivity contribution in [1.29, 1.82) is 0 Å². The van der Waals surface area contributed by atoms with Gasteiger partial charge < -0.3 is 10.6 Å². The summed E-state index contributed by atoms with van der Waals surface area (Å²) in [5.74, 6) is 0.379. The van der Waals surface area contributed by atoms with Gasteiger partial charge in [0.15, 0.2) is 0 Å². The van der Waals surface area contributed by atoms with E-state index in [4.69, 9.17) is 11.6 Å². The second-order valence-electron chi connectivity index (χ2n) is 5.16. The molecule has 3 nitrogen and oxygen atoms in total. The van der Waals surface area contributed by atoms with Crippen molar-refractivity contribution in [2.24, 2.45) is 0 Å². The molecular formula is C17H19ClN2O. The molecule has 0 aromatic heterocycles. The van der Waals surface area contributed by atoms with Crippen molar-refractivity contribution in [2.45, 2.75) is 19.8 Å². The number of rotatable bonds is 5. The first-order valence-corrected chi connectivity index (χ1v) is 7.32. The lowest BCUT2D eigenvalue weighted by atomic mass is 10.0. The van der Waals surface area contributed by atoms with Gasteiger partial charge in [0.2, 0.25) is 5.91 Å². The normalized spacial score (nSPS) is 10.5. The minimum absolute atomic E-state index is 0.104. The zero-order valence-electron chi connectivity index (χ0n) is 12.2. The molecule has 0 unspecified atom stereocenters. The van der Waals surface area contributed by atoms with Crippen LogP contribution in [0, 0.1) is 0 Å². The summed E-state index contributed by atoms with van der Waals surface area (Å²) in [4.78, 5) is 11.9. The van der Waals surface area contributed by atoms with E-state index in [1.54, 1.807) is 6.07 Å². The van der Waals surface area contributed by atoms with Gasteiger partial charge in [-0.05, 0) is 35.7 Å². The van der Waals surface area contributed by atoms with Gasteiger partial charge in [0.1, 0.15) is 0 Å². The van der Waals surface area contributed by atoms with Crippen LogP contribution in [0.25, 0.3) is 0 Å². The van der Waals surface area contributed by atoms with Gasteiger partial charge in [0, 0.05) is 5.69 Å². The maximum Gasteiger partial charge on any atom is 0.243 e. The Bertz CT molecular complexity index is 608. The van der Waals surface area contributed by atoms with Gasteiger partial charge in [-0.2, -0.15) is 0 Å². The Kier molecular flexibility index (Phi) is 5.23. The van der Waals surface area contributed by atoms with E-state index in [0.717, 1.165) is 11.4 Å². The monoisotopic (exact) mass is 302 g/mol. The number of carbonyl (C=O) groups is 1. The zero-order chi connectivity index (χ0) is 15.2. The molecule has 0 saturated heterocycles. The van der Waals surface area contributed by atoms with Crippen LogP contribution in [0.1, 0.15) is 25.3 Å². The van der Waals surface area contributed by atoms with Gasteiger partial charge in [-0.25, -0.2) is 0 Å². The number of carbonyl (C=O) groups excluding carboxylic acids is 1. The first kappa shape index (κ1) is 15.4. The van der Waals surface area contributed by atoms with E-state index in [1.165, 1.54) is 5.56 Å². The van der Waals surface area contributed by atoms with Crippen LogP contribution in [0.15, 0.2) is 48.5 Å². The van der Waals surface area contributed by atoms with Gasteiger partial charge in [0.05, 0.1) is 17.3 Å². The summed E-state index contributed by atoms with van der Waals surface area (Å²) in [6.07, 6.45) is 0. The maximum absolute atomic E-state index is 11.9. The van der Waals surface area contributed by atoms with E-state index in [2.05, 4.69) is 24.5 Å². The number of amides is 1. The average molecular weight is 303 g/mol. The van der Waals surface area contributed by atoms with E-state index in [-0.39, 0.29) is 12.5 Å². The van der Waals surface area contributed by atoms with Crippen molar-refractivity contribution in [3.63, 3.8) is 0 Å². The molecule has 1 amide bonds. The van der Waals surface area contributed by atoms with E-state index >= 15 is 0 Å². The summed E-state index contributed by atoms with van der Waals surface area (Å²) in [5.41, 5.74) is 2.80. The Labute approximate surface area is 130 Å². The smallest absolute Gasteiger partial charge is 0.243 e. The highest BCUT2D eigenvalue weighted by Crippen LogP contribution is 2.20. The molecule has 2 rings (SSSR count). The van der Waals surface area contributed by atoms with E-state index in [0.29, 0.717) is 10.9 Å². The molecule has 2 aromatic carbocycles. The molecule has 0 bridgehead atoms. The second kappa shape index (κ2) is 7.14. The summed E-state index contributed by atoms with van der Waals surface area (Å²) in [5, 5.41) is 6.48. The lowest BCUT2D eigenvalue weighted by Gasteiger charge is -2.10. The third-order valence-corrected chi connectivity index (χ3v) is 3.50. The predicted molar refractivity (Wildman–Crippen MR) is 89.1 cm³/mol. The molecule has 0 aliphatic rings. The van der Waals surface area contributed by atoms with Gasteiger partial charge in [-0.1, -0.05) is 49.7 Å². The fourth-order valence-electron chi connectivity index (χ4n) is 1.94. The van der Waals surface area contributed by atoms with E-state index in [9.17, 15) is 4.79 Å². The van der Waals surface area contributed by atoms with Gasteiger partial charge >= 0.3 is 0 Å². The Balaban J connectivity index is 1.88. The number of anilines is 2. The molecule has 0 atom stereocenters. The van der Waals surface area contributed by atoms with E-state index < -0.39 is 0 Å². The number of nitrogens with one attached hydrogen (secondary N) is 2. The standard InChI is InChI=1S/C17H19ClN2O/c1-12(2)13-7-9-14(10-8-13)20-17(21)11-19-16-6-4-3-5-15(16)18/h3-10,12,19H,11H2,1-2H3,(H,20,21). The minimum Gasteiger partial charge on any atom is -0.375 e. The van der Waals surface area contributed by atoms with Crippen LogP contribution in [0.5, 0.6) is 0 Å². The van der Waals surface area contributed by atoms with Crippen LogP contribution in [-0.2, 0) is 4.79 Å². The third-order valence-electron chi connectivity index (χ3n) is 3.17. The van der Waals surface area contributed by atoms with Crippen molar-refractivity contribution in [2.75, 3.05) is 17.2 Å². The highest BCUT2D eigenvalue weighted by Gasteiger charge is 2.05. The molecule has 0 heterocycles. The Hall–Kier alpha value is -2.00. The van der Waals surface area contributed by atoms with Crippen LogP contribution in [0.3, 0.4) is 0 Å². The fourth-order valence-corrected chi connectivity index (χ4v) is 2.14. The lowest BCUT2D eigenvalue weighted by Crippen LogP contribution is -2.21. The number of hydrogen-bond donors (Lipinski definition) is 2. The van der Waals surface area contributed by atoms with Gasteiger partial charge in [-0.15, -0.1) is 0 Å². The van der Waals surface area contributed by atoms with Crippen molar-refractivity contribution in [3.05, 3.63) is 59.1 Å². The van der Waals surface area contributed by atoms with Crippen LogP contribution in [0.4, 0.5) is 11.4 Å². The summed E-state index contributed by atoms with van der Waals surface area (Å²) in [6.45, 7) is 4.46. The summed E-state index contributed by atoms with van der Waals surface area (Å²) in [6, 6.07) is 15.2. The van der Waals surface area contributed by atoms with Crippen LogP contribution >= 0.6 is 11.6 Å². The number of hydrogen-bond acceptors (Lipinski definition) is 2. The molecule has 2 N–H and O–H groups in total. The molecule has 0 aliphatic heterocycles. The lowest BCUT2D eigenvalue weighted by molar-refractivity contribution is -0.114. The number of para-hydroxylation sites is 1. The molecule has 0 fully saturated rings. The van der Waals surface area contributed by atoms with E-state index in [1.807, 2.05) is 42.5 Å². The zero-order valence-corrected chi connectivity index (χ0v) is 12.9. The molecule has 0 spiro atoms. The molecule has 0 aliphatic carbocycles. The average Bonchev–Trinajstić information content (AvgIpc) is 2.47. The van der Waals surface area contributed by atoms with Crippen molar-refractivity contribution >= 4 is 28.9 Å². The maximum atomic E-state index is 11.9. The largest absolute Gasteiger partial charge is 0.375 e. The molecule has 4 heteroatoms. The van der Waals surface area contributed by atoms with Crippen LogP contribution < -0.4 is 10.6 Å². The molecule has 2 aromatic rings. The highest BCUT2D eigenvalue weighted by molar-refractivity contribution is 6.33. The molecular weight excluding hydrogens is 284 g/mol. The molecule has 0 saturated carbocycles.